The maximum atomic E-state index is 10.8. The highest BCUT2D eigenvalue weighted by molar-refractivity contribution is 5.88. The highest BCUT2D eigenvalue weighted by Crippen LogP contribution is 2.25. The SMILES string of the molecule is Cn1nccc1C(O)c1occc1C(=O)O. The van der Waals surface area contributed by atoms with Crippen LogP contribution < -0.4 is 0 Å². The Morgan fingerprint density at radius 3 is 2.88 bits per heavy atom. The predicted molar refractivity (Wildman–Crippen MR) is 52.9 cm³/mol. The molecule has 2 aromatic rings. The van der Waals surface area contributed by atoms with E-state index in [1.54, 1.807) is 13.1 Å². The number of carboxylic acid groups (broad SMARTS) is 1. The Morgan fingerprint density at radius 2 is 2.31 bits per heavy atom. The second-order valence-electron chi connectivity index (χ2n) is 3.29. The Labute approximate surface area is 90.7 Å². The van der Waals surface area contributed by atoms with Crippen molar-refractivity contribution in [3.8, 4) is 0 Å². The molecule has 2 aromatic heterocycles. The Kier molecular flexibility index (Phi) is 2.49. The second-order valence-corrected chi connectivity index (χ2v) is 3.29. The van der Waals surface area contributed by atoms with Crippen LogP contribution in [-0.2, 0) is 7.05 Å². The molecule has 0 aliphatic rings. The summed E-state index contributed by atoms with van der Waals surface area (Å²) >= 11 is 0. The number of hydrogen-bond acceptors (Lipinski definition) is 4. The molecule has 0 spiro atoms. The molecule has 84 valence electrons. The number of nitrogens with zero attached hydrogens (tertiary/aromatic N) is 2. The van der Waals surface area contributed by atoms with Crippen LogP contribution in [0.2, 0.25) is 0 Å². The number of aromatic nitrogens is 2. The first kappa shape index (κ1) is 10.4. The lowest BCUT2D eigenvalue weighted by molar-refractivity contribution is 0.0687. The number of aliphatic hydroxyl groups is 1. The van der Waals surface area contributed by atoms with E-state index in [0.717, 1.165) is 0 Å². The van der Waals surface area contributed by atoms with Crippen molar-refractivity contribution in [3.63, 3.8) is 0 Å². The van der Waals surface area contributed by atoms with Gasteiger partial charge in [0.1, 0.15) is 5.56 Å². The molecule has 2 heterocycles. The fourth-order valence-corrected chi connectivity index (χ4v) is 1.50. The van der Waals surface area contributed by atoms with Gasteiger partial charge in [-0.1, -0.05) is 0 Å². The van der Waals surface area contributed by atoms with Crippen molar-refractivity contribution >= 4 is 5.97 Å². The van der Waals surface area contributed by atoms with Crippen LogP contribution in [0.3, 0.4) is 0 Å². The van der Waals surface area contributed by atoms with Gasteiger partial charge in [-0.25, -0.2) is 4.79 Å². The first-order valence-electron chi connectivity index (χ1n) is 4.58. The van der Waals surface area contributed by atoms with Crippen LogP contribution in [-0.4, -0.2) is 26.0 Å². The van der Waals surface area contributed by atoms with E-state index in [0.29, 0.717) is 5.69 Å². The average Bonchev–Trinajstić information content (AvgIpc) is 2.84. The van der Waals surface area contributed by atoms with Crippen LogP contribution in [0.15, 0.2) is 29.0 Å². The van der Waals surface area contributed by atoms with Crippen LogP contribution in [0.25, 0.3) is 0 Å². The Morgan fingerprint density at radius 1 is 1.56 bits per heavy atom. The van der Waals surface area contributed by atoms with E-state index in [1.165, 1.54) is 23.2 Å². The van der Waals surface area contributed by atoms with Crippen LogP contribution >= 0.6 is 0 Å². The van der Waals surface area contributed by atoms with Crippen LogP contribution in [0.4, 0.5) is 0 Å². The second kappa shape index (κ2) is 3.82. The maximum absolute atomic E-state index is 10.8. The van der Waals surface area contributed by atoms with Crippen LogP contribution in [0, 0.1) is 0 Å². The lowest BCUT2D eigenvalue weighted by atomic mass is 10.1. The van der Waals surface area contributed by atoms with Crippen molar-refractivity contribution in [2.45, 2.75) is 6.10 Å². The van der Waals surface area contributed by atoms with E-state index in [9.17, 15) is 9.90 Å². The Balaban J connectivity index is 2.42. The van der Waals surface area contributed by atoms with E-state index in [2.05, 4.69) is 5.10 Å². The van der Waals surface area contributed by atoms with Gasteiger partial charge in [0.15, 0.2) is 11.9 Å². The lowest BCUT2D eigenvalue weighted by Crippen LogP contribution is -2.09. The number of carboxylic acids is 1. The van der Waals surface area contributed by atoms with Gasteiger partial charge in [-0.3, -0.25) is 4.68 Å². The molecular weight excluding hydrogens is 212 g/mol. The molecule has 6 nitrogen and oxygen atoms in total. The average molecular weight is 222 g/mol. The van der Waals surface area contributed by atoms with Gasteiger partial charge in [-0.05, 0) is 12.1 Å². The van der Waals surface area contributed by atoms with E-state index in [4.69, 9.17) is 9.52 Å². The molecule has 0 aliphatic heterocycles. The topological polar surface area (TPSA) is 88.5 Å². The predicted octanol–water partition coefficient (Wildman–Crippen LogP) is 0.793. The molecule has 6 heteroatoms. The molecule has 1 unspecified atom stereocenters. The molecule has 0 radical (unpaired) electrons. The molecule has 0 fully saturated rings. The van der Waals surface area contributed by atoms with Crippen molar-refractivity contribution < 1.29 is 19.4 Å². The monoisotopic (exact) mass is 222 g/mol. The zero-order valence-corrected chi connectivity index (χ0v) is 8.49. The highest BCUT2D eigenvalue weighted by atomic mass is 16.4. The lowest BCUT2D eigenvalue weighted by Gasteiger charge is -2.09. The van der Waals surface area contributed by atoms with Crippen molar-refractivity contribution in [1.82, 2.24) is 9.78 Å². The molecule has 2 N–H and O–H groups in total. The van der Waals surface area contributed by atoms with Crippen molar-refractivity contribution in [1.29, 1.82) is 0 Å². The standard InChI is InChI=1S/C10H10N2O4/c1-12-7(2-4-11-12)8(13)9-6(10(14)15)3-5-16-9/h2-5,8,13H,1H3,(H,14,15). The van der Waals surface area contributed by atoms with Crippen molar-refractivity contribution in [2.75, 3.05) is 0 Å². The zero-order valence-electron chi connectivity index (χ0n) is 8.49. The van der Waals surface area contributed by atoms with Gasteiger partial charge in [0, 0.05) is 13.2 Å². The van der Waals surface area contributed by atoms with E-state index >= 15 is 0 Å². The third kappa shape index (κ3) is 1.59. The number of carbonyl (C=O) groups is 1. The summed E-state index contributed by atoms with van der Waals surface area (Å²) in [5, 5.41) is 22.7. The van der Waals surface area contributed by atoms with Gasteiger partial charge in [0.2, 0.25) is 0 Å². The van der Waals surface area contributed by atoms with Crippen LogP contribution in [0.5, 0.6) is 0 Å². The van der Waals surface area contributed by atoms with Gasteiger partial charge >= 0.3 is 5.97 Å². The summed E-state index contributed by atoms with van der Waals surface area (Å²) in [6, 6.07) is 2.90. The minimum absolute atomic E-state index is 0.0103. The van der Waals surface area contributed by atoms with Crippen LogP contribution in [0.1, 0.15) is 27.9 Å². The molecule has 1 atom stereocenters. The Hall–Kier alpha value is -2.08. The summed E-state index contributed by atoms with van der Waals surface area (Å²) in [6.45, 7) is 0. The molecule has 0 amide bonds. The number of hydrogen-bond donors (Lipinski definition) is 2. The van der Waals surface area contributed by atoms with E-state index < -0.39 is 12.1 Å². The molecule has 0 saturated heterocycles. The zero-order chi connectivity index (χ0) is 11.7. The number of furan rings is 1. The summed E-state index contributed by atoms with van der Waals surface area (Å²) in [7, 11) is 1.65. The Bertz CT molecular complexity index is 514. The largest absolute Gasteiger partial charge is 0.478 e. The van der Waals surface area contributed by atoms with Gasteiger partial charge in [0.05, 0.1) is 12.0 Å². The van der Waals surface area contributed by atoms with Gasteiger partial charge < -0.3 is 14.6 Å². The summed E-state index contributed by atoms with van der Waals surface area (Å²) in [4.78, 5) is 10.8. The van der Waals surface area contributed by atoms with Gasteiger partial charge in [0.25, 0.3) is 0 Å². The highest BCUT2D eigenvalue weighted by Gasteiger charge is 2.23. The van der Waals surface area contributed by atoms with Gasteiger partial charge in [-0.2, -0.15) is 5.10 Å². The molecule has 0 saturated carbocycles. The fourth-order valence-electron chi connectivity index (χ4n) is 1.50. The number of rotatable bonds is 3. The first-order chi connectivity index (χ1) is 7.61. The number of aromatic carboxylic acids is 1. The quantitative estimate of drug-likeness (QED) is 0.801. The van der Waals surface area contributed by atoms with E-state index in [-0.39, 0.29) is 11.3 Å². The molecule has 2 rings (SSSR count). The molecule has 0 bridgehead atoms. The summed E-state index contributed by atoms with van der Waals surface area (Å²) in [5.74, 6) is -1.12. The summed E-state index contributed by atoms with van der Waals surface area (Å²) < 4.78 is 6.45. The number of aryl methyl sites for hydroxylation is 1. The smallest absolute Gasteiger partial charge is 0.339 e. The van der Waals surface area contributed by atoms with E-state index in [1.807, 2.05) is 0 Å². The van der Waals surface area contributed by atoms with Crippen molar-refractivity contribution in [2.24, 2.45) is 7.05 Å². The molecular formula is C10H10N2O4. The number of aliphatic hydroxyl groups excluding tert-OH is 1. The van der Waals surface area contributed by atoms with Gasteiger partial charge in [-0.15, -0.1) is 0 Å². The molecule has 16 heavy (non-hydrogen) atoms. The first-order valence-corrected chi connectivity index (χ1v) is 4.58. The molecule has 0 aliphatic carbocycles. The summed E-state index contributed by atoms with van der Waals surface area (Å²) in [6.07, 6.45) is 1.62. The third-order valence-corrected chi connectivity index (χ3v) is 2.31. The summed E-state index contributed by atoms with van der Waals surface area (Å²) in [5.41, 5.74) is 0.422. The fraction of sp³-hybridized carbons (Fsp3) is 0.200. The maximum Gasteiger partial charge on any atom is 0.339 e. The minimum Gasteiger partial charge on any atom is -0.478 e. The third-order valence-electron chi connectivity index (χ3n) is 2.31. The van der Waals surface area contributed by atoms with Crippen molar-refractivity contribution in [3.05, 3.63) is 41.6 Å². The minimum atomic E-state index is -1.13. The molecule has 0 aromatic carbocycles. The normalized spacial score (nSPS) is 12.6.